The topological polar surface area (TPSA) is 111 Å². The number of nitrogens with one attached hydrogen (secondary N) is 1. The maximum atomic E-state index is 12.6. The summed E-state index contributed by atoms with van der Waals surface area (Å²) in [5, 5.41) is 0. The Morgan fingerprint density at radius 3 is 2.32 bits per heavy atom. The molecule has 0 saturated carbocycles. The van der Waals surface area contributed by atoms with Crippen LogP contribution in [-0.2, 0) is 9.47 Å². The van der Waals surface area contributed by atoms with Gasteiger partial charge < -0.3 is 14.5 Å². The molecule has 8 heteroatoms. The molecule has 0 unspecified atom stereocenters. The maximum absolute atomic E-state index is 12.6. The van der Waals surface area contributed by atoms with Crippen molar-refractivity contribution in [3.05, 3.63) is 58.7 Å². The van der Waals surface area contributed by atoms with E-state index in [0.29, 0.717) is 22.4 Å². The van der Waals surface area contributed by atoms with Crippen LogP contribution in [-0.4, -0.2) is 45.9 Å². The van der Waals surface area contributed by atoms with Gasteiger partial charge in [0, 0.05) is 23.8 Å². The third kappa shape index (κ3) is 3.75. The van der Waals surface area contributed by atoms with Crippen LogP contribution >= 0.6 is 0 Å². The van der Waals surface area contributed by atoms with Crippen LogP contribution in [0.4, 0.5) is 0 Å². The third-order valence-corrected chi connectivity index (χ3v) is 4.17. The molecular weight excluding hydrogens is 362 g/mol. The Hall–Kier alpha value is -3.55. The lowest BCUT2D eigenvalue weighted by atomic mass is 10.1. The average Bonchev–Trinajstić information content (AvgIpc) is 2.99. The second-order valence-corrected chi connectivity index (χ2v) is 6.10. The number of carbonyl (C=O) groups excluding carboxylic acids is 3. The summed E-state index contributed by atoms with van der Waals surface area (Å²) >= 11 is 0. The van der Waals surface area contributed by atoms with Gasteiger partial charge in [0.05, 0.1) is 34.3 Å². The highest BCUT2D eigenvalue weighted by Gasteiger charge is 2.26. The summed E-state index contributed by atoms with van der Waals surface area (Å²) in [6.07, 6.45) is 3.08. The molecular formula is C20H19N3O5. The molecule has 0 spiro atoms. The van der Waals surface area contributed by atoms with Crippen molar-refractivity contribution < 1.29 is 23.9 Å². The molecule has 2 heterocycles. The lowest BCUT2D eigenvalue weighted by Crippen LogP contribution is -2.18. The van der Waals surface area contributed by atoms with Crippen LogP contribution in [0.2, 0.25) is 0 Å². The molecule has 0 aliphatic heterocycles. The molecule has 0 bridgehead atoms. The van der Waals surface area contributed by atoms with E-state index in [1.54, 1.807) is 45.2 Å². The molecule has 0 amide bonds. The summed E-state index contributed by atoms with van der Waals surface area (Å²) in [6.45, 7) is 4.73. The minimum atomic E-state index is -0.663. The van der Waals surface area contributed by atoms with Crippen LogP contribution in [0.5, 0.6) is 0 Å². The predicted octanol–water partition coefficient (Wildman–Crippen LogP) is 2.79. The predicted molar refractivity (Wildman–Crippen MR) is 100 cm³/mol. The van der Waals surface area contributed by atoms with Gasteiger partial charge in [-0.3, -0.25) is 14.8 Å². The Kier molecular flexibility index (Phi) is 5.49. The van der Waals surface area contributed by atoms with E-state index < -0.39 is 24.3 Å². The minimum Gasteiger partial charge on any atom is -0.462 e. The molecule has 1 aromatic carbocycles. The molecule has 0 radical (unpaired) electrons. The molecule has 144 valence electrons. The Morgan fingerprint density at radius 1 is 0.929 bits per heavy atom. The quantitative estimate of drug-likeness (QED) is 0.516. The normalized spacial score (nSPS) is 10.7. The number of rotatable bonds is 6. The SMILES string of the molecule is CCOC(=O)c1c(C)[nH]c(C)c1C(=O)COC(=O)c1ccc2nccnc2c1. The fraction of sp³-hybridized carbons (Fsp3) is 0.250. The van der Waals surface area contributed by atoms with E-state index in [-0.39, 0.29) is 23.3 Å². The van der Waals surface area contributed by atoms with E-state index in [1.807, 2.05) is 0 Å². The highest BCUT2D eigenvalue weighted by atomic mass is 16.5. The number of H-pyrrole nitrogens is 1. The van der Waals surface area contributed by atoms with Crippen molar-refractivity contribution in [3.63, 3.8) is 0 Å². The standard InChI is InChI=1S/C20H19N3O5/c1-4-27-20(26)18-12(3)23-11(2)17(18)16(24)10-28-19(25)13-5-6-14-15(9-13)22-8-7-21-14/h5-9,23H,4,10H2,1-3H3. The van der Waals surface area contributed by atoms with Crippen LogP contribution in [0, 0.1) is 13.8 Å². The number of aromatic nitrogens is 3. The number of hydrogen-bond donors (Lipinski definition) is 1. The van der Waals surface area contributed by atoms with Gasteiger partial charge >= 0.3 is 11.9 Å². The van der Waals surface area contributed by atoms with Crippen molar-refractivity contribution in [3.8, 4) is 0 Å². The lowest BCUT2D eigenvalue weighted by molar-refractivity contribution is 0.0472. The second-order valence-electron chi connectivity index (χ2n) is 6.10. The molecule has 28 heavy (non-hydrogen) atoms. The van der Waals surface area contributed by atoms with Gasteiger partial charge in [-0.1, -0.05) is 0 Å². The van der Waals surface area contributed by atoms with Crippen molar-refractivity contribution in [1.29, 1.82) is 0 Å². The number of hydrogen-bond acceptors (Lipinski definition) is 7. The smallest absolute Gasteiger partial charge is 0.340 e. The summed E-state index contributed by atoms with van der Waals surface area (Å²) in [4.78, 5) is 48.3. The molecule has 0 atom stereocenters. The van der Waals surface area contributed by atoms with E-state index in [9.17, 15) is 14.4 Å². The van der Waals surface area contributed by atoms with Crippen molar-refractivity contribution >= 4 is 28.8 Å². The molecule has 0 aliphatic rings. The largest absolute Gasteiger partial charge is 0.462 e. The van der Waals surface area contributed by atoms with Gasteiger partial charge in [-0.15, -0.1) is 0 Å². The van der Waals surface area contributed by atoms with E-state index in [0.717, 1.165) is 0 Å². The highest BCUT2D eigenvalue weighted by Crippen LogP contribution is 2.21. The summed E-state index contributed by atoms with van der Waals surface area (Å²) in [6, 6.07) is 4.75. The number of fused-ring (bicyclic) bond motifs is 1. The molecule has 8 nitrogen and oxygen atoms in total. The number of aromatic amines is 1. The summed E-state index contributed by atoms with van der Waals surface area (Å²) in [7, 11) is 0. The van der Waals surface area contributed by atoms with Gasteiger partial charge in [-0.2, -0.15) is 0 Å². The first-order valence-corrected chi connectivity index (χ1v) is 8.69. The number of benzene rings is 1. The van der Waals surface area contributed by atoms with Gasteiger partial charge in [0.1, 0.15) is 0 Å². The Balaban J connectivity index is 1.76. The zero-order valence-corrected chi connectivity index (χ0v) is 15.7. The average molecular weight is 381 g/mol. The van der Waals surface area contributed by atoms with E-state index in [1.165, 1.54) is 6.20 Å². The van der Waals surface area contributed by atoms with Gasteiger partial charge in [0.25, 0.3) is 0 Å². The third-order valence-electron chi connectivity index (χ3n) is 4.17. The Bertz CT molecular complexity index is 1070. The summed E-state index contributed by atoms with van der Waals surface area (Å²) in [5.41, 5.74) is 2.84. The number of carbonyl (C=O) groups is 3. The van der Waals surface area contributed by atoms with E-state index in [4.69, 9.17) is 9.47 Å². The molecule has 1 N–H and O–H groups in total. The Morgan fingerprint density at radius 2 is 1.61 bits per heavy atom. The van der Waals surface area contributed by atoms with Crippen LogP contribution in [0.25, 0.3) is 11.0 Å². The number of esters is 2. The zero-order chi connectivity index (χ0) is 20.3. The van der Waals surface area contributed by atoms with Crippen LogP contribution in [0.3, 0.4) is 0 Å². The number of ketones is 1. The molecule has 0 aliphatic carbocycles. The molecule has 0 saturated heterocycles. The molecule has 2 aromatic heterocycles. The van der Waals surface area contributed by atoms with Crippen molar-refractivity contribution in [2.75, 3.05) is 13.2 Å². The zero-order valence-electron chi connectivity index (χ0n) is 15.7. The monoisotopic (exact) mass is 381 g/mol. The highest BCUT2D eigenvalue weighted by molar-refractivity contribution is 6.09. The fourth-order valence-electron chi connectivity index (χ4n) is 2.97. The van der Waals surface area contributed by atoms with Gasteiger partial charge in [0.2, 0.25) is 5.78 Å². The number of ether oxygens (including phenoxy) is 2. The van der Waals surface area contributed by atoms with Gasteiger partial charge in [-0.25, -0.2) is 9.59 Å². The van der Waals surface area contributed by atoms with Crippen molar-refractivity contribution in [2.45, 2.75) is 20.8 Å². The number of aryl methyl sites for hydroxylation is 2. The van der Waals surface area contributed by atoms with Crippen molar-refractivity contribution in [1.82, 2.24) is 15.0 Å². The minimum absolute atomic E-state index is 0.168. The van der Waals surface area contributed by atoms with Crippen LogP contribution in [0.1, 0.15) is 49.4 Å². The first-order valence-electron chi connectivity index (χ1n) is 8.69. The second kappa shape index (κ2) is 7.99. The van der Waals surface area contributed by atoms with Gasteiger partial charge in [-0.05, 0) is 39.0 Å². The van der Waals surface area contributed by atoms with E-state index in [2.05, 4.69) is 15.0 Å². The maximum Gasteiger partial charge on any atom is 0.340 e. The van der Waals surface area contributed by atoms with E-state index >= 15 is 0 Å². The van der Waals surface area contributed by atoms with Crippen molar-refractivity contribution in [2.24, 2.45) is 0 Å². The number of nitrogens with zero attached hydrogens (tertiary/aromatic N) is 2. The van der Waals surface area contributed by atoms with Gasteiger partial charge in [0.15, 0.2) is 6.61 Å². The first-order chi connectivity index (χ1) is 13.4. The number of Topliss-reactive ketones (excluding diaryl/α,β-unsaturated/α-hetero) is 1. The fourth-order valence-corrected chi connectivity index (χ4v) is 2.97. The van der Waals surface area contributed by atoms with Crippen LogP contribution < -0.4 is 0 Å². The summed E-state index contributed by atoms with van der Waals surface area (Å²) < 4.78 is 10.2. The molecule has 3 rings (SSSR count). The Labute approximate surface area is 160 Å². The summed E-state index contributed by atoms with van der Waals surface area (Å²) in [5.74, 6) is -1.74. The molecule has 0 fully saturated rings. The van der Waals surface area contributed by atoms with Crippen LogP contribution in [0.15, 0.2) is 30.6 Å². The first kappa shape index (κ1) is 19.2. The lowest BCUT2D eigenvalue weighted by Gasteiger charge is -2.07. The molecule has 3 aromatic rings.